The predicted molar refractivity (Wildman–Crippen MR) is 112 cm³/mol. The fourth-order valence-corrected chi connectivity index (χ4v) is 3.90. The van der Waals surface area contributed by atoms with Crippen LogP contribution >= 0.6 is 22.9 Å². The zero-order valence-electron chi connectivity index (χ0n) is 14.9. The molecule has 9 nitrogen and oxygen atoms in total. The zero-order valence-corrected chi connectivity index (χ0v) is 16.5. The van der Waals surface area contributed by atoms with Crippen LogP contribution in [0.5, 0.6) is 0 Å². The molecule has 0 radical (unpaired) electrons. The molecule has 0 aliphatic carbocycles. The first-order chi connectivity index (χ1) is 14.3. The quantitative estimate of drug-likeness (QED) is 0.343. The van der Waals surface area contributed by atoms with Gasteiger partial charge in [0, 0.05) is 22.9 Å². The Bertz CT molecular complexity index is 1330. The van der Waals surface area contributed by atoms with Crippen molar-refractivity contribution in [1.29, 1.82) is 0 Å². The van der Waals surface area contributed by atoms with Crippen LogP contribution < -0.4 is 5.32 Å². The second kappa shape index (κ2) is 7.58. The third-order valence-electron chi connectivity index (χ3n) is 4.27. The molecule has 0 unspecified atom stereocenters. The molecule has 0 aliphatic heterocycles. The number of thiazole rings is 1. The number of nitrogens with one attached hydrogen (secondary N) is 1. The summed E-state index contributed by atoms with van der Waals surface area (Å²) in [4.78, 5) is 38.3. The van der Waals surface area contributed by atoms with Crippen molar-refractivity contribution in [1.82, 2.24) is 9.55 Å². The van der Waals surface area contributed by atoms with Crippen molar-refractivity contribution in [2.24, 2.45) is 0 Å². The number of halogens is 1. The number of amides is 1. The Hall–Kier alpha value is -3.76. The molecule has 30 heavy (non-hydrogen) atoms. The highest BCUT2D eigenvalue weighted by Gasteiger charge is 2.21. The Labute approximate surface area is 177 Å². The maximum absolute atomic E-state index is 13.0. The van der Waals surface area contributed by atoms with E-state index in [1.165, 1.54) is 23.6 Å². The summed E-state index contributed by atoms with van der Waals surface area (Å²) in [5.41, 5.74) is 0.922. The highest BCUT2D eigenvalue weighted by Crippen LogP contribution is 2.31. The molecule has 2 aromatic heterocycles. The first-order valence-electron chi connectivity index (χ1n) is 8.40. The van der Waals surface area contributed by atoms with Crippen LogP contribution in [-0.4, -0.2) is 31.5 Å². The summed E-state index contributed by atoms with van der Waals surface area (Å²) < 4.78 is 1.59. The van der Waals surface area contributed by atoms with Crippen LogP contribution in [0.4, 0.5) is 10.8 Å². The highest BCUT2D eigenvalue weighted by atomic mass is 35.5. The van der Waals surface area contributed by atoms with E-state index in [0.717, 1.165) is 16.7 Å². The van der Waals surface area contributed by atoms with E-state index >= 15 is 0 Å². The molecule has 11 heteroatoms. The van der Waals surface area contributed by atoms with Crippen molar-refractivity contribution in [2.45, 2.75) is 0 Å². The van der Waals surface area contributed by atoms with Crippen molar-refractivity contribution in [3.8, 4) is 5.69 Å². The topological polar surface area (TPSA) is 127 Å². The van der Waals surface area contributed by atoms with Gasteiger partial charge in [-0.2, -0.15) is 0 Å². The molecular weight excluding hydrogens is 432 g/mol. The van der Waals surface area contributed by atoms with E-state index in [-0.39, 0.29) is 27.2 Å². The third-order valence-corrected chi connectivity index (χ3v) is 5.33. The summed E-state index contributed by atoms with van der Waals surface area (Å²) in [6.45, 7) is 0. The molecule has 0 aliphatic rings. The number of aromatic nitrogens is 2. The summed E-state index contributed by atoms with van der Waals surface area (Å²) in [7, 11) is 0. The molecule has 1 amide bonds. The minimum Gasteiger partial charge on any atom is -0.476 e. The lowest BCUT2D eigenvalue weighted by molar-refractivity contribution is -0.384. The molecule has 4 rings (SSSR count). The van der Waals surface area contributed by atoms with Gasteiger partial charge >= 0.3 is 5.97 Å². The van der Waals surface area contributed by atoms with Crippen LogP contribution in [0.3, 0.4) is 0 Å². The minimum absolute atomic E-state index is 0.0991. The smallest absolute Gasteiger partial charge is 0.355 e. The molecule has 0 bridgehead atoms. The second-order valence-electron chi connectivity index (χ2n) is 6.11. The van der Waals surface area contributed by atoms with E-state index in [4.69, 9.17) is 16.7 Å². The number of carbonyl (C=O) groups is 2. The van der Waals surface area contributed by atoms with E-state index in [2.05, 4.69) is 10.3 Å². The third kappa shape index (κ3) is 3.49. The molecule has 0 fully saturated rings. The Kier molecular flexibility index (Phi) is 4.94. The van der Waals surface area contributed by atoms with Gasteiger partial charge in [0.05, 0.1) is 21.2 Å². The fraction of sp³-hybridized carbons (Fsp3) is 0. The Balaban J connectivity index is 1.81. The van der Waals surface area contributed by atoms with Crippen molar-refractivity contribution in [3.05, 3.63) is 80.4 Å². The summed E-state index contributed by atoms with van der Waals surface area (Å²) in [5.74, 6) is -1.73. The molecule has 0 spiro atoms. The standard InChI is InChI=1S/C19H11ClN4O5S/c20-12-8-11(24(28)29)5-6-15(12)23-14-4-2-1-3-10(14)7-16(23)17(25)22-19-21-13(9-30-19)18(26)27/h1-9H,(H,26,27)(H,21,22,25). The van der Waals surface area contributed by atoms with Crippen molar-refractivity contribution < 1.29 is 19.6 Å². The maximum atomic E-state index is 13.0. The Morgan fingerprint density at radius 2 is 1.97 bits per heavy atom. The summed E-state index contributed by atoms with van der Waals surface area (Å²) in [5, 5.41) is 24.9. The Morgan fingerprint density at radius 1 is 1.20 bits per heavy atom. The fourth-order valence-electron chi connectivity index (χ4n) is 2.96. The van der Waals surface area contributed by atoms with Gasteiger partial charge in [-0.15, -0.1) is 11.3 Å². The average Bonchev–Trinajstić information content (AvgIpc) is 3.32. The van der Waals surface area contributed by atoms with Gasteiger partial charge in [0.1, 0.15) is 5.69 Å². The van der Waals surface area contributed by atoms with Crippen LogP contribution in [0.2, 0.25) is 5.02 Å². The van der Waals surface area contributed by atoms with Gasteiger partial charge in [-0.25, -0.2) is 9.78 Å². The number of non-ortho nitro benzene ring substituents is 1. The van der Waals surface area contributed by atoms with E-state index in [0.29, 0.717) is 11.2 Å². The first-order valence-corrected chi connectivity index (χ1v) is 9.66. The van der Waals surface area contributed by atoms with Gasteiger partial charge in [-0.1, -0.05) is 29.8 Å². The number of nitrogens with zero attached hydrogens (tertiary/aromatic N) is 3. The average molecular weight is 443 g/mol. The monoisotopic (exact) mass is 442 g/mol. The number of para-hydroxylation sites is 1. The van der Waals surface area contributed by atoms with Gasteiger partial charge in [0.2, 0.25) is 0 Å². The normalized spacial score (nSPS) is 10.8. The van der Waals surface area contributed by atoms with Crippen LogP contribution in [0, 0.1) is 10.1 Å². The van der Waals surface area contributed by atoms with Gasteiger partial charge < -0.3 is 9.67 Å². The number of nitro groups is 1. The molecule has 4 aromatic rings. The van der Waals surface area contributed by atoms with Gasteiger partial charge in [0.15, 0.2) is 10.8 Å². The summed E-state index contributed by atoms with van der Waals surface area (Å²) in [6, 6.07) is 12.8. The molecule has 2 heterocycles. The molecular formula is C19H11ClN4O5S. The van der Waals surface area contributed by atoms with Gasteiger partial charge in [-0.3, -0.25) is 20.2 Å². The SMILES string of the molecule is O=C(O)c1csc(NC(=O)c2cc3ccccc3n2-c2ccc([N+](=O)[O-])cc2Cl)n1. The van der Waals surface area contributed by atoms with E-state index in [9.17, 15) is 19.7 Å². The lowest BCUT2D eigenvalue weighted by Gasteiger charge is -2.12. The van der Waals surface area contributed by atoms with Crippen LogP contribution in [0.1, 0.15) is 21.0 Å². The van der Waals surface area contributed by atoms with Crippen LogP contribution in [0.25, 0.3) is 16.6 Å². The zero-order chi connectivity index (χ0) is 21.4. The van der Waals surface area contributed by atoms with Crippen molar-refractivity contribution in [2.75, 3.05) is 5.32 Å². The first kappa shape index (κ1) is 19.6. The molecule has 2 N–H and O–H groups in total. The van der Waals surface area contributed by atoms with E-state index in [1.807, 2.05) is 12.1 Å². The summed E-state index contributed by atoms with van der Waals surface area (Å²) in [6.07, 6.45) is 0. The van der Waals surface area contributed by atoms with Crippen molar-refractivity contribution >= 4 is 56.5 Å². The number of hydrogen-bond donors (Lipinski definition) is 2. The number of carboxylic acids is 1. The molecule has 2 aromatic carbocycles. The number of aromatic carboxylic acids is 1. The van der Waals surface area contributed by atoms with Gasteiger partial charge in [-0.05, 0) is 18.2 Å². The number of benzene rings is 2. The van der Waals surface area contributed by atoms with E-state index < -0.39 is 16.8 Å². The largest absolute Gasteiger partial charge is 0.476 e. The Morgan fingerprint density at radius 3 is 2.63 bits per heavy atom. The number of fused-ring (bicyclic) bond motifs is 1. The molecule has 0 saturated heterocycles. The number of carboxylic acid groups (broad SMARTS) is 1. The molecule has 0 saturated carbocycles. The number of carbonyl (C=O) groups excluding carboxylic acids is 1. The van der Waals surface area contributed by atoms with Crippen molar-refractivity contribution in [3.63, 3.8) is 0 Å². The van der Waals surface area contributed by atoms with Crippen LogP contribution in [0.15, 0.2) is 53.9 Å². The molecule has 0 atom stereocenters. The minimum atomic E-state index is -1.20. The highest BCUT2D eigenvalue weighted by molar-refractivity contribution is 7.14. The predicted octanol–water partition coefficient (Wildman–Crippen LogP) is 4.60. The molecule has 150 valence electrons. The summed E-state index contributed by atoms with van der Waals surface area (Å²) >= 11 is 7.29. The lowest BCUT2D eigenvalue weighted by atomic mass is 10.2. The lowest BCUT2D eigenvalue weighted by Crippen LogP contribution is -2.16. The number of anilines is 1. The maximum Gasteiger partial charge on any atom is 0.355 e. The number of rotatable bonds is 5. The van der Waals surface area contributed by atoms with Gasteiger partial charge in [0.25, 0.3) is 11.6 Å². The number of nitro benzene ring substituents is 1. The van der Waals surface area contributed by atoms with Crippen LogP contribution in [-0.2, 0) is 0 Å². The number of hydrogen-bond acceptors (Lipinski definition) is 6. The second-order valence-corrected chi connectivity index (χ2v) is 7.38. The van der Waals surface area contributed by atoms with E-state index in [1.54, 1.807) is 22.8 Å².